The van der Waals surface area contributed by atoms with Crippen LogP contribution in [0.15, 0.2) is 11.6 Å². The third-order valence-electron chi connectivity index (χ3n) is 4.62. The van der Waals surface area contributed by atoms with E-state index < -0.39 is 47.7 Å². The van der Waals surface area contributed by atoms with Crippen LogP contribution in [-0.2, 0) is 28.5 Å². The van der Waals surface area contributed by atoms with Gasteiger partial charge < -0.3 is 33.9 Å². The van der Waals surface area contributed by atoms with Gasteiger partial charge in [-0.25, -0.2) is 4.79 Å². The molecular weight excluding hydrogens is 332 g/mol. The number of carboxylic acids is 1. The van der Waals surface area contributed by atoms with Gasteiger partial charge in [-0.05, 0) is 34.6 Å². The molecule has 3 saturated heterocycles. The summed E-state index contributed by atoms with van der Waals surface area (Å²) in [7, 11) is 0. The Hall–Kier alpha value is -1.03. The molecule has 2 N–H and O–H groups in total. The number of rotatable bonds is 4. The molecule has 25 heavy (non-hydrogen) atoms. The van der Waals surface area contributed by atoms with E-state index in [1.807, 2.05) is 0 Å². The van der Waals surface area contributed by atoms with Crippen LogP contribution >= 0.6 is 0 Å². The van der Waals surface area contributed by atoms with Crippen LogP contribution in [0.1, 0.15) is 41.0 Å². The molecule has 3 fully saturated rings. The highest BCUT2D eigenvalue weighted by molar-refractivity contribution is 5.80. The zero-order valence-corrected chi connectivity index (χ0v) is 15.1. The van der Waals surface area contributed by atoms with E-state index in [1.165, 1.54) is 0 Å². The fraction of sp³-hybridized carbons (Fsp3) is 0.824. The Morgan fingerprint density at radius 1 is 1.12 bits per heavy atom. The highest BCUT2D eigenvalue weighted by Crippen LogP contribution is 2.48. The first-order valence-corrected chi connectivity index (χ1v) is 8.37. The molecule has 3 aliphatic heterocycles. The van der Waals surface area contributed by atoms with Gasteiger partial charge in [-0.1, -0.05) is 5.57 Å². The average Bonchev–Trinajstić information content (AvgIpc) is 3.00. The zero-order chi connectivity index (χ0) is 18.6. The molecule has 0 aromatic heterocycles. The zero-order valence-electron chi connectivity index (χ0n) is 15.1. The lowest BCUT2D eigenvalue weighted by Gasteiger charge is -2.36. The SMILES string of the molecule is C/C(=C\C(=O)O)C[C@@]1(O)[C@@H]([C@H]2COC(C)(C)O2)O[C@@H]2OC(C)(C)O[C@@H]21. The number of carbonyl (C=O) groups is 1. The summed E-state index contributed by atoms with van der Waals surface area (Å²) in [5.74, 6) is -2.75. The fourth-order valence-electron chi connectivity index (χ4n) is 3.78. The van der Waals surface area contributed by atoms with Gasteiger partial charge in [0.1, 0.15) is 23.9 Å². The standard InChI is InChI=1S/C17H26O8/c1-9(6-11(18)19)7-17(20)12(10-8-21-15(2,3)23-10)22-14-13(17)24-16(4,5)25-14/h6,10,12-14,20H,7-8H2,1-5H3,(H,18,19)/b9-6+/t10-,12-,13+,14-,17-/m1/s1. The summed E-state index contributed by atoms with van der Waals surface area (Å²) in [4.78, 5) is 11.0. The molecule has 142 valence electrons. The first-order chi connectivity index (χ1) is 11.4. The van der Waals surface area contributed by atoms with Crippen LogP contribution in [0.5, 0.6) is 0 Å². The van der Waals surface area contributed by atoms with Gasteiger partial charge >= 0.3 is 5.97 Å². The lowest BCUT2D eigenvalue weighted by molar-refractivity contribution is -0.247. The maximum atomic E-state index is 11.5. The average molecular weight is 358 g/mol. The van der Waals surface area contributed by atoms with Crippen LogP contribution in [0.4, 0.5) is 0 Å². The first-order valence-electron chi connectivity index (χ1n) is 8.37. The van der Waals surface area contributed by atoms with E-state index in [0.29, 0.717) is 5.57 Å². The van der Waals surface area contributed by atoms with Crippen molar-refractivity contribution < 1.29 is 38.7 Å². The van der Waals surface area contributed by atoms with Gasteiger partial charge in [0.05, 0.1) is 6.61 Å². The molecule has 3 heterocycles. The molecule has 0 radical (unpaired) electrons. The first kappa shape index (κ1) is 18.8. The van der Waals surface area contributed by atoms with Crippen LogP contribution < -0.4 is 0 Å². The van der Waals surface area contributed by atoms with Crippen molar-refractivity contribution in [2.75, 3.05) is 6.61 Å². The number of hydrogen-bond donors (Lipinski definition) is 2. The van der Waals surface area contributed by atoms with Gasteiger partial charge in [0, 0.05) is 12.5 Å². The number of aliphatic hydroxyl groups is 1. The lowest BCUT2D eigenvalue weighted by atomic mass is 9.83. The topological polar surface area (TPSA) is 104 Å². The van der Waals surface area contributed by atoms with Crippen LogP contribution in [0, 0.1) is 0 Å². The molecule has 8 nitrogen and oxygen atoms in total. The van der Waals surface area contributed by atoms with Gasteiger partial charge in [-0.3, -0.25) is 0 Å². The van der Waals surface area contributed by atoms with E-state index in [9.17, 15) is 9.90 Å². The van der Waals surface area contributed by atoms with E-state index in [4.69, 9.17) is 28.8 Å². The summed E-state index contributed by atoms with van der Waals surface area (Å²) in [6, 6.07) is 0. The molecule has 0 aliphatic carbocycles. The maximum absolute atomic E-state index is 11.5. The summed E-state index contributed by atoms with van der Waals surface area (Å²) in [5, 5.41) is 20.4. The Labute approximate surface area is 146 Å². The molecule has 0 aromatic carbocycles. The summed E-state index contributed by atoms with van der Waals surface area (Å²) < 4.78 is 29.0. The van der Waals surface area contributed by atoms with Gasteiger partial charge in [-0.2, -0.15) is 0 Å². The van der Waals surface area contributed by atoms with Crippen LogP contribution in [0.3, 0.4) is 0 Å². The summed E-state index contributed by atoms with van der Waals surface area (Å²) in [6.07, 6.45) is -1.66. The third-order valence-corrected chi connectivity index (χ3v) is 4.62. The van der Waals surface area contributed by atoms with Crippen molar-refractivity contribution in [3.8, 4) is 0 Å². The monoisotopic (exact) mass is 358 g/mol. The van der Waals surface area contributed by atoms with Crippen molar-refractivity contribution in [1.82, 2.24) is 0 Å². The summed E-state index contributed by atoms with van der Waals surface area (Å²) >= 11 is 0. The molecule has 0 aromatic rings. The fourth-order valence-corrected chi connectivity index (χ4v) is 3.78. The molecule has 3 rings (SSSR count). The Bertz CT molecular complexity index is 583. The maximum Gasteiger partial charge on any atom is 0.328 e. The van der Waals surface area contributed by atoms with Crippen molar-refractivity contribution in [1.29, 1.82) is 0 Å². The van der Waals surface area contributed by atoms with Crippen molar-refractivity contribution in [2.24, 2.45) is 0 Å². The highest BCUT2D eigenvalue weighted by Gasteiger charge is 2.65. The number of ether oxygens (including phenoxy) is 5. The molecule has 0 unspecified atom stereocenters. The molecular formula is C17H26O8. The largest absolute Gasteiger partial charge is 0.478 e. The Morgan fingerprint density at radius 3 is 2.36 bits per heavy atom. The summed E-state index contributed by atoms with van der Waals surface area (Å²) in [5.41, 5.74) is -1.00. The quantitative estimate of drug-likeness (QED) is 0.722. The minimum Gasteiger partial charge on any atom is -0.478 e. The van der Waals surface area contributed by atoms with Crippen molar-refractivity contribution >= 4 is 5.97 Å². The van der Waals surface area contributed by atoms with E-state index in [0.717, 1.165) is 6.08 Å². The molecule has 8 heteroatoms. The molecule has 3 aliphatic rings. The van der Waals surface area contributed by atoms with E-state index in [1.54, 1.807) is 34.6 Å². The second kappa shape index (κ2) is 6.00. The molecule has 5 atom stereocenters. The molecule has 0 spiro atoms. The Kier molecular flexibility index (Phi) is 4.50. The van der Waals surface area contributed by atoms with Crippen molar-refractivity contribution in [3.05, 3.63) is 11.6 Å². The van der Waals surface area contributed by atoms with Crippen LogP contribution in [-0.4, -0.2) is 64.6 Å². The normalized spacial score (nSPS) is 42.6. The van der Waals surface area contributed by atoms with Crippen molar-refractivity contribution in [3.63, 3.8) is 0 Å². The van der Waals surface area contributed by atoms with E-state index in [-0.39, 0.29) is 13.0 Å². The number of fused-ring (bicyclic) bond motifs is 1. The summed E-state index contributed by atoms with van der Waals surface area (Å²) in [6.45, 7) is 8.95. The molecule has 0 saturated carbocycles. The van der Waals surface area contributed by atoms with Gasteiger partial charge in [0.2, 0.25) is 0 Å². The number of aliphatic carboxylic acids is 1. The Morgan fingerprint density at radius 2 is 1.80 bits per heavy atom. The van der Waals surface area contributed by atoms with Gasteiger partial charge in [0.25, 0.3) is 0 Å². The van der Waals surface area contributed by atoms with Gasteiger partial charge in [-0.15, -0.1) is 0 Å². The van der Waals surface area contributed by atoms with Gasteiger partial charge in [0.15, 0.2) is 17.9 Å². The van der Waals surface area contributed by atoms with Crippen LogP contribution in [0.25, 0.3) is 0 Å². The lowest BCUT2D eigenvalue weighted by Crippen LogP contribution is -2.54. The highest BCUT2D eigenvalue weighted by atomic mass is 16.8. The minimum atomic E-state index is -1.50. The second-order valence-electron chi connectivity index (χ2n) is 7.85. The second-order valence-corrected chi connectivity index (χ2v) is 7.85. The van der Waals surface area contributed by atoms with E-state index in [2.05, 4.69) is 0 Å². The minimum absolute atomic E-state index is 0.0604. The molecule has 0 bridgehead atoms. The Balaban J connectivity index is 1.88. The van der Waals surface area contributed by atoms with Crippen LogP contribution in [0.2, 0.25) is 0 Å². The number of carboxylic acid groups (broad SMARTS) is 1. The number of hydrogen-bond acceptors (Lipinski definition) is 7. The van der Waals surface area contributed by atoms with E-state index >= 15 is 0 Å². The smallest absolute Gasteiger partial charge is 0.328 e. The van der Waals surface area contributed by atoms with Crippen molar-refractivity contribution in [2.45, 2.75) is 82.8 Å². The predicted molar refractivity (Wildman–Crippen MR) is 84.6 cm³/mol. The third kappa shape index (κ3) is 3.60. The molecule has 0 amide bonds. The predicted octanol–water partition coefficient (Wildman–Crippen LogP) is 1.17.